The molecule has 1 aliphatic heterocycles. The Balaban J connectivity index is 1.66. The molecule has 1 heterocycles. The number of anilines is 2. The molecule has 200 valence electrons. The molecule has 0 aliphatic carbocycles. The molecular formula is C26H33Cl2N5O4. The monoisotopic (exact) mass is 549 g/mol. The molecule has 1 aliphatic rings. The van der Waals surface area contributed by atoms with Gasteiger partial charge in [-0.2, -0.15) is 0 Å². The third-order valence-corrected chi connectivity index (χ3v) is 6.52. The Kier molecular flexibility index (Phi) is 10.4. The normalized spacial score (nSPS) is 13.5. The maximum absolute atomic E-state index is 13.1. The molecule has 0 aromatic heterocycles. The number of nitrogens with zero attached hydrogens (tertiary/aromatic N) is 3. The van der Waals surface area contributed by atoms with Crippen molar-refractivity contribution in [1.29, 1.82) is 0 Å². The SMILES string of the molecule is COCCN(CC(=O)Nc1cc(N2CCN(C(=O)NC(C)C)CC2)ccc1Cl)C(=O)c1ccccc1Cl. The quantitative estimate of drug-likeness (QED) is 0.493. The zero-order valence-corrected chi connectivity index (χ0v) is 22.8. The number of benzene rings is 2. The maximum atomic E-state index is 13.1. The van der Waals surface area contributed by atoms with Crippen LogP contribution in [0.5, 0.6) is 0 Å². The van der Waals surface area contributed by atoms with Crippen LogP contribution in [-0.4, -0.2) is 86.7 Å². The lowest BCUT2D eigenvalue weighted by Crippen LogP contribution is -2.52. The molecule has 4 amide bonds. The third-order valence-electron chi connectivity index (χ3n) is 5.86. The summed E-state index contributed by atoms with van der Waals surface area (Å²) in [5.74, 6) is -0.761. The number of urea groups is 1. The van der Waals surface area contributed by atoms with Crippen molar-refractivity contribution in [2.75, 3.05) is 63.2 Å². The second-order valence-corrected chi connectivity index (χ2v) is 9.80. The van der Waals surface area contributed by atoms with Gasteiger partial charge < -0.3 is 30.1 Å². The molecule has 1 saturated heterocycles. The number of carbonyl (C=O) groups excluding carboxylic acids is 3. The standard InChI is InChI=1S/C26H33Cl2N5O4/c1-18(2)29-26(36)32-12-10-31(11-13-32)19-8-9-22(28)23(16-19)30-24(34)17-33(14-15-37-3)25(35)20-6-4-5-7-21(20)27/h4-9,16,18H,10-15,17H2,1-3H3,(H,29,36)(H,30,34). The first-order valence-electron chi connectivity index (χ1n) is 12.1. The van der Waals surface area contributed by atoms with E-state index < -0.39 is 5.91 Å². The van der Waals surface area contributed by atoms with Crippen molar-refractivity contribution >= 4 is 52.4 Å². The number of ether oxygens (including phenoxy) is 1. The van der Waals surface area contributed by atoms with Crippen LogP contribution in [0.3, 0.4) is 0 Å². The maximum Gasteiger partial charge on any atom is 0.317 e. The van der Waals surface area contributed by atoms with Gasteiger partial charge >= 0.3 is 6.03 Å². The number of hydrogen-bond acceptors (Lipinski definition) is 5. The molecule has 2 N–H and O–H groups in total. The lowest BCUT2D eigenvalue weighted by atomic mass is 10.2. The number of nitrogens with one attached hydrogen (secondary N) is 2. The predicted octanol–water partition coefficient (Wildman–Crippen LogP) is 3.96. The highest BCUT2D eigenvalue weighted by atomic mass is 35.5. The molecule has 1 fully saturated rings. The molecule has 2 aromatic carbocycles. The summed E-state index contributed by atoms with van der Waals surface area (Å²) in [7, 11) is 1.53. The van der Waals surface area contributed by atoms with E-state index in [0.717, 1.165) is 5.69 Å². The van der Waals surface area contributed by atoms with Crippen molar-refractivity contribution in [3.05, 3.63) is 58.1 Å². The highest BCUT2D eigenvalue weighted by Gasteiger charge is 2.23. The Morgan fingerprint density at radius 2 is 1.73 bits per heavy atom. The van der Waals surface area contributed by atoms with Gasteiger partial charge in [-0.05, 0) is 44.2 Å². The van der Waals surface area contributed by atoms with E-state index in [0.29, 0.717) is 47.5 Å². The average molecular weight is 550 g/mol. The Morgan fingerprint density at radius 3 is 2.38 bits per heavy atom. The fourth-order valence-electron chi connectivity index (χ4n) is 3.93. The topological polar surface area (TPSA) is 94.2 Å². The van der Waals surface area contributed by atoms with Crippen molar-refractivity contribution in [3.63, 3.8) is 0 Å². The molecule has 0 bridgehead atoms. The number of amides is 4. The smallest absolute Gasteiger partial charge is 0.317 e. The van der Waals surface area contributed by atoms with Gasteiger partial charge in [-0.15, -0.1) is 0 Å². The van der Waals surface area contributed by atoms with E-state index in [9.17, 15) is 14.4 Å². The van der Waals surface area contributed by atoms with Crippen molar-refractivity contribution in [1.82, 2.24) is 15.1 Å². The summed E-state index contributed by atoms with van der Waals surface area (Å²) in [5, 5.41) is 6.44. The number of hydrogen-bond donors (Lipinski definition) is 2. The summed E-state index contributed by atoms with van der Waals surface area (Å²) in [5.41, 5.74) is 1.64. The van der Waals surface area contributed by atoms with Crippen molar-refractivity contribution in [2.45, 2.75) is 19.9 Å². The number of rotatable bonds is 9. The van der Waals surface area contributed by atoms with Crippen molar-refractivity contribution < 1.29 is 19.1 Å². The first kappa shape index (κ1) is 28.6. The molecule has 3 rings (SSSR count). The second-order valence-electron chi connectivity index (χ2n) is 8.99. The molecule has 9 nitrogen and oxygen atoms in total. The van der Waals surface area contributed by atoms with Gasteiger partial charge in [0.25, 0.3) is 5.91 Å². The van der Waals surface area contributed by atoms with Crippen LogP contribution in [-0.2, 0) is 9.53 Å². The van der Waals surface area contributed by atoms with E-state index in [1.54, 1.807) is 41.3 Å². The number of piperazine rings is 1. The first-order chi connectivity index (χ1) is 17.7. The van der Waals surface area contributed by atoms with E-state index >= 15 is 0 Å². The summed E-state index contributed by atoms with van der Waals surface area (Å²) in [6, 6.07) is 12.1. The highest BCUT2D eigenvalue weighted by Crippen LogP contribution is 2.28. The van der Waals surface area contributed by atoms with Gasteiger partial charge in [0, 0.05) is 51.6 Å². The van der Waals surface area contributed by atoms with Crippen LogP contribution >= 0.6 is 23.2 Å². The minimum Gasteiger partial charge on any atom is -0.383 e. The summed E-state index contributed by atoms with van der Waals surface area (Å²) in [4.78, 5) is 43.6. The number of carbonyl (C=O) groups is 3. The zero-order valence-electron chi connectivity index (χ0n) is 21.3. The molecule has 0 radical (unpaired) electrons. The second kappa shape index (κ2) is 13.5. The van der Waals surface area contributed by atoms with E-state index in [1.807, 2.05) is 19.9 Å². The fourth-order valence-corrected chi connectivity index (χ4v) is 4.32. The Bertz CT molecular complexity index is 1110. The van der Waals surface area contributed by atoms with Gasteiger partial charge in [-0.1, -0.05) is 35.3 Å². The Morgan fingerprint density at radius 1 is 1.03 bits per heavy atom. The third kappa shape index (κ3) is 7.99. The van der Waals surface area contributed by atoms with E-state index in [1.165, 1.54) is 12.0 Å². The summed E-state index contributed by atoms with van der Waals surface area (Å²) in [6.07, 6.45) is 0. The van der Waals surface area contributed by atoms with Gasteiger partial charge in [0.2, 0.25) is 5.91 Å². The highest BCUT2D eigenvalue weighted by molar-refractivity contribution is 6.34. The minimum atomic E-state index is -0.397. The average Bonchev–Trinajstić information content (AvgIpc) is 2.87. The van der Waals surface area contributed by atoms with Gasteiger partial charge in [0.15, 0.2) is 0 Å². The lowest BCUT2D eigenvalue weighted by Gasteiger charge is -2.36. The van der Waals surface area contributed by atoms with E-state index in [2.05, 4.69) is 15.5 Å². The van der Waals surface area contributed by atoms with Crippen LogP contribution in [0.4, 0.5) is 16.2 Å². The lowest BCUT2D eigenvalue weighted by molar-refractivity contribution is -0.117. The zero-order chi connectivity index (χ0) is 26.9. The van der Waals surface area contributed by atoms with Gasteiger partial charge in [0.1, 0.15) is 6.54 Å². The molecular weight excluding hydrogens is 517 g/mol. The van der Waals surface area contributed by atoms with Crippen molar-refractivity contribution in [3.8, 4) is 0 Å². The van der Waals surface area contributed by atoms with Crippen LogP contribution in [0.25, 0.3) is 0 Å². The summed E-state index contributed by atoms with van der Waals surface area (Å²) >= 11 is 12.6. The fraction of sp³-hybridized carbons (Fsp3) is 0.423. The van der Waals surface area contributed by atoms with Crippen molar-refractivity contribution in [2.24, 2.45) is 0 Å². The van der Waals surface area contributed by atoms with E-state index in [-0.39, 0.29) is 37.7 Å². The van der Waals surface area contributed by atoms with Crippen LogP contribution in [0, 0.1) is 0 Å². The van der Waals surface area contributed by atoms with Gasteiger partial charge in [-0.25, -0.2) is 4.79 Å². The predicted molar refractivity (Wildman–Crippen MR) is 147 cm³/mol. The Hall–Kier alpha value is -3.01. The Labute approximate surface area is 227 Å². The van der Waals surface area contributed by atoms with Gasteiger partial charge in [-0.3, -0.25) is 9.59 Å². The van der Waals surface area contributed by atoms with Gasteiger partial charge in [0.05, 0.1) is 27.9 Å². The molecule has 0 atom stereocenters. The number of halogens is 2. The molecule has 2 aromatic rings. The molecule has 0 unspecified atom stereocenters. The van der Waals surface area contributed by atoms with Crippen LogP contribution in [0.2, 0.25) is 10.0 Å². The molecule has 0 saturated carbocycles. The summed E-state index contributed by atoms with van der Waals surface area (Å²) < 4.78 is 5.12. The molecule has 0 spiro atoms. The van der Waals surface area contributed by atoms with Crippen LogP contribution in [0.15, 0.2) is 42.5 Å². The minimum absolute atomic E-state index is 0.0666. The molecule has 11 heteroatoms. The molecule has 37 heavy (non-hydrogen) atoms. The largest absolute Gasteiger partial charge is 0.383 e. The van der Waals surface area contributed by atoms with E-state index in [4.69, 9.17) is 27.9 Å². The summed E-state index contributed by atoms with van der Waals surface area (Å²) in [6.45, 7) is 6.62. The number of methoxy groups -OCH3 is 1. The van der Waals surface area contributed by atoms with Crippen LogP contribution < -0.4 is 15.5 Å². The first-order valence-corrected chi connectivity index (χ1v) is 12.9. The van der Waals surface area contributed by atoms with Crippen LogP contribution in [0.1, 0.15) is 24.2 Å².